The number of carboxylic acid groups (broad SMARTS) is 1. The molecule has 28 heavy (non-hydrogen) atoms. The quantitative estimate of drug-likeness (QED) is 0.680. The first-order valence-corrected chi connectivity index (χ1v) is 9.69. The Bertz CT molecular complexity index is 985. The third-order valence-corrected chi connectivity index (χ3v) is 5.77. The van der Waals surface area contributed by atoms with Crippen molar-refractivity contribution in [3.8, 4) is 0 Å². The zero-order chi connectivity index (χ0) is 19.8. The van der Waals surface area contributed by atoms with Gasteiger partial charge >= 0.3 is 5.97 Å². The molecule has 0 saturated carbocycles. The number of nitrogens with zero attached hydrogens (tertiary/aromatic N) is 3. The van der Waals surface area contributed by atoms with Crippen LogP contribution in [0.2, 0.25) is 5.02 Å². The number of aryl methyl sites for hydroxylation is 2. The fourth-order valence-corrected chi connectivity index (χ4v) is 4.14. The lowest BCUT2D eigenvalue weighted by Crippen LogP contribution is -2.48. The lowest BCUT2D eigenvalue weighted by Gasteiger charge is -2.37. The molecule has 1 aliphatic heterocycles. The number of aromatic amines is 1. The normalized spacial score (nSPS) is 17.2. The number of piperazine rings is 1. The van der Waals surface area contributed by atoms with Gasteiger partial charge in [-0.15, -0.1) is 0 Å². The van der Waals surface area contributed by atoms with E-state index in [2.05, 4.69) is 15.0 Å². The third-order valence-electron chi connectivity index (χ3n) is 5.54. The van der Waals surface area contributed by atoms with Gasteiger partial charge in [0.1, 0.15) is 11.8 Å². The fourth-order valence-electron chi connectivity index (χ4n) is 3.96. The second-order valence-corrected chi connectivity index (χ2v) is 7.73. The van der Waals surface area contributed by atoms with Gasteiger partial charge in [-0.25, -0.2) is 0 Å². The molecular formula is C20H23ClN4O3. The lowest BCUT2D eigenvalue weighted by molar-refractivity contribution is -0.144. The van der Waals surface area contributed by atoms with Crippen LogP contribution in [0.25, 0.3) is 10.9 Å². The number of aliphatic carboxylic acids is 1. The van der Waals surface area contributed by atoms with Crippen LogP contribution >= 0.6 is 11.6 Å². The summed E-state index contributed by atoms with van der Waals surface area (Å²) in [6, 6.07) is 4.81. The van der Waals surface area contributed by atoms with E-state index in [1.807, 2.05) is 30.9 Å². The Labute approximate surface area is 167 Å². The van der Waals surface area contributed by atoms with E-state index in [-0.39, 0.29) is 0 Å². The van der Waals surface area contributed by atoms with Gasteiger partial charge < -0.3 is 14.6 Å². The Morgan fingerprint density at radius 1 is 1.32 bits per heavy atom. The summed E-state index contributed by atoms with van der Waals surface area (Å²) in [5, 5.41) is 15.5. The van der Waals surface area contributed by atoms with E-state index >= 15 is 0 Å². The molecule has 7 nitrogen and oxygen atoms in total. The molecule has 2 aromatic heterocycles. The minimum absolute atomic E-state index is 0.626. The maximum absolute atomic E-state index is 12.1. The first kappa shape index (κ1) is 19.0. The Morgan fingerprint density at radius 2 is 2.07 bits per heavy atom. The number of rotatable bonds is 5. The molecule has 1 fully saturated rings. The van der Waals surface area contributed by atoms with Crippen LogP contribution in [0.1, 0.15) is 28.6 Å². The van der Waals surface area contributed by atoms with E-state index in [4.69, 9.17) is 16.1 Å². The molecule has 1 saturated heterocycles. The highest BCUT2D eigenvalue weighted by atomic mass is 35.5. The van der Waals surface area contributed by atoms with Crippen LogP contribution < -0.4 is 0 Å². The molecule has 1 atom stereocenters. The summed E-state index contributed by atoms with van der Waals surface area (Å²) in [6.07, 6.45) is 1.79. The van der Waals surface area contributed by atoms with E-state index in [1.165, 1.54) is 0 Å². The first-order valence-electron chi connectivity index (χ1n) is 9.31. The minimum atomic E-state index is -0.838. The van der Waals surface area contributed by atoms with Gasteiger partial charge in [0, 0.05) is 66.0 Å². The summed E-state index contributed by atoms with van der Waals surface area (Å²) in [5.74, 6) is 0.0100. The molecule has 3 heterocycles. The van der Waals surface area contributed by atoms with Gasteiger partial charge in [-0.1, -0.05) is 22.8 Å². The van der Waals surface area contributed by atoms with E-state index < -0.39 is 12.0 Å². The largest absolute Gasteiger partial charge is 0.480 e. The van der Waals surface area contributed by atoms with Crippen molar-refractivity contribution in [1.29, 1.82) is 0 Å². The second kappa shape index (κ2) is 7.58. The first-order chi connectivity index (χ1) is 13.4. The molecule has 0 aliphatic carbocycles. The predicted octanol–water partition coefficient (Wildman–Crippen LogP) is 3.37. The number of fused-ring (bicyclic) bond motifs is 1. The number of H-pyrrole nitrogens is 1. The van der Waals surface area contributed by atoms with E-state index in [0.717, 1.165) is 53.1 Å². The lowest BCUT2D eigenvalue weighted by atomic mass is 10.0. The summed E-state index contributed by atoms with van der Waals surface area (Å²) in [6.45, 7) is 7.60. The average molecular weight is 403 g/mol. The molecule has 3 aromatic rings. The number of carboxylic acids is 1. The summed E-state index contributed by atoms with van der Waals surface area (Å²) < 4.78 is 5.25. The number of halogens is 1. The molecule has 4 rings (SSSR count). The molecule has 8 heteroatoms. The monoisotopic (exact) mass is 402 g/mol. The highest BCUT2D eigenvalue weighted by molar-refractivity contribution is 6.31. The number of hydrogen-bond acceptors (Lipinski definition) is 5. The van der Waals surface area contributed by atoms with E-state index in [0.29, 0.717) is 18.1 Å². The van der Waals surface area contributed by atoms with Crippen LogP contribution in [0.3, 0.4) is 0 Å². The molecule has 0 radical (unpaired) electrons. The topological polar surface area (TPSA) is 85.6 Å². The summed E-state index contributed by atoms with van der Waals surface area (Å²) in [7, 11) is 0. The smallest absolute Gasteiger partial charge is 0.325 e. The molecule has 0 bridgehead atoms. The van der Waals surface area contributed by atoms with Gasteiger partial charge in [0.25, 0.3) is 0 Å². The predicted molar refractivity (Wildman–Crippen MR) is 107 cm³/mol. The van der Waals surface area contributed by atoms with E-state index in [1.54, 1.807) is 12.3 Å². The number of hydrogen-bond donors (Lipinski definition) is 2. The summed E-state index contributed by atoms with van der Waals surface area (Å²) >= 11 is 6.05. The summed E-state index contributed by atoms with van der Waals surface area (Å²) in [5.41, 5.74) is 3.67. The van der Waals surface area contributed by atoms with Gasteiger partial charge in [-0.2, -0.15) is 0 Å². The maximum Gasteiger partial charge on any atom is 0.325 e. The fraction of sp³-hybridized carbons (Fsp3) is 0.400. The molecule has 2 N–H and O–H groups in total. The Kier molecular flexibility index (Phi) is 5.14. The average Bonchev–Trinajstić information content (AvgIpc) is 3.21. The zero-order valence-corrected chi connectivity index (χ0v) is 16.7. The minimum Gasteiger partial charge on any atom is -0.480 e. The number of benzene rings is 1. The van der Waals surface area contributed by atoms with Crippen molar-refractivity contribution < 1.29 is 14.4 Å². The highest BCUT2D eigenvalue weighted by Gasteiger charge is 2.32. The molecule has 0 amide bonds. The van der Waals surface area contributed by atoms with Crippen molar-refractivity contribution >= 4 is 28.5 Å². The van der Waals surface area contributed by atoms with E-state index in [9.17, 15) is 9.90 Å². The maximum atomic E-state index is 12.1. The van der Waals surface area contributed by atoms with Gasteiger partial charge in [-0.05, 0) is 26.0 Å². The standard InChI is InChI=1S/C20H23ClN4O3/c1-12-17(13(2)28-23-12)11-24-5-7-25(8-6-24)19(20(26)27)16-10-22-18-9-14(21)3-4-15(16)18/h3-4,9-10,19,22H,5-8,11H2,1-2H3,(H,26,27). The molecule has 1 aromatic carbocycles. The van der Waals surface area contributed by atoms with Crippen molar-refractivity contribution in [1.82, 2.24) is 19.9 Å². The van der Waals surface area contributed by atoms with Crippen molar-refractivity contribution in [3.05, 3.63) is 52.0 Å². The third kappa shape index (κ3) is 3.53. The molecule has 1 aliphatic rings. The van der Waals surface area contributed by atoms with Crippen LogP contribution in [0.5, 0.6) is 0 Å². The SMILES string of the molecule is Cc1noc(C)c1CN1CCN(C(C(=O)O)c2c[nH]c3cc(Cl)ccc23)CC1. The second-order valence-electron chi connectivity index (χ2n) is 7.29. The van der Waals surface area contributed by atoms with Gasteiger partial charge in [0.05, 0.1) is 5.69 Å². The number of nitrogens with one attached hydrogen (secondary N) is 1. The van der Waals surface area contributed by atoms with Crippen molar-refractivity contribution in [2.75, 3.05) is 26.2 Å². The molecular weight excluding hydrogens is 380 g/mol. The van der Waals surface area contributed by atoms with Crippen molar-refractivity contribution in [3.63, 3.8) is 0 Å². The Morgan fingerprint density at radius 3 is 2.71 bits per heavy atom. The van der Waals surface area contributed by atoms with Gasteiger partial charge in [-0.3, -0.25) is 14.6 Å². The molecule has 148 valence electrons. The Balaban J connectivity index is 1.50. The number of carbonyl (C=O) groups is 1. The summed E-state index contributed by atoms with van der Waals surface area (Å²) in [4.78, 5) is 19.6. The van der Waals surface area contributed by atoms with Crippen LogP contribution in [0, 0.1) is 13.8 Å². The van der Waals surface area contributed by atoms with Gasteiger partial charge in [0.2, 0.25) is 0 Å². The van der Waals surface area contributed by atoms with Crippen molar-refractivity contribution in [2.45, 2.75) is 26.4 Å². The van der Waals surface area contributed by atoms with Crippen LogP contribution in [-0.2, 0) is 11.3 Å². The Hall–Kier alpha value is -2.35. The van der Waals surface area contributed by atoms with Crippen molar-refractivity contribution in [2.24, 2.45) is 0 Å². The van der Waals surface area contributed by atoms with Crippen LogP contribution in [0.15, 0.2) is 28.9 Å². The van der Waals surface area contributed by atoms with Crippen LogP contribution in [-0.4, -0.2) is 57.2 Å². The molecule has 1 unspecified atom stereocenters. The zero-order valence-electron chi connectivity index (χ0n) is 15.9. The number of aromatic nitrogens is 2. The highest BCUT2D eigenvalue weighted by Crippen LogP contribution is 2.31. The van der Waals surface area contributed by atoms with Crippen LogP contribution in [0.4, 0.5) is 0 Å². The van der Waals surface area contributed by atoms with Gasteiger partial charge in [0.15, 0.2) is 0 Å². The molecule has 0 spiro atoms.